The molecule has 2 nitrogen and oxygen atoms in total. The predicted octanol–water partition coefficient (Wildman–Crippen LogP) is 3.55. The molecule has 0 saturated carbocycles. The highest BCUT2D eigenvalue weighted by Crippen LogP contribution is 2.16. The van der Waals surface area contributed by atoms with Crippen molar-refractivity contribution in [1.82, 2.24) is 5.32 Å². The highest BCUT2D eigenvalue weighted by Gasteiger charge is 2.12. The van der Waals surface area contributed by atoms with Crippen LogP contribution in [0.15, 0.2) is 41.8 Å². The Balaban J connectivity index is 2.04. The Labute approximate surface area is 105 Å². The number of thiophene rings is 1. The topological polar surface area (TPSA) is 29.1 Å². The van der Waals surface area contributed by atoms with Crippen LogP contribution in [0, 0.1) is 6.92 Å². The Kier molecular flexibility index (Phi) is 3.59. The quantitative estimate of drug-likeness (QED) is 0.880. The normalized spacial score (nSPS) is 12.1. The molecule has 0 aliphatic heterocycles. The van der Waals surface area contributed by atoms with Crippen molar-refractivity contribution in [3.05, 3.63) is 57.8 Å². The van der Waals surface area contributed by atoms with Gasteiger partial charge in [-0.15, -0.1) is 11.3 Å². The maximum absolute atomic E-state index is 11.9. The Morgan fingerprint density at radius 3 is 2.59 bits per heavy atom. The Morgan fingerprint density at radius 2 is 2.00 bits per heavy atom. The standard InChI is InChI=1S/C14H15NOS/c1-10-8-13(17-9-10)14(16)15-11(2)12-6-4-3-5-7-12/h3-9,11H,1-2H3,(H,15,16). The van der Waals surface area contributed by atoms with E-state index in [-0.39, 0.29) is 11.9 Å². The van der Waals surface area contributed by atoms with Gasteiger partial charge in [-0.1, -0.05) is 30.3 Å². The van der Waals surface area contributed by atoms with Crippen LogP contribution in [0.5, 0.6) is 0 Å². The monoisotopic (exact) mass is 245 g/mol. The first kappa shape index (κ1) is 11.9. The van der Waals surface area contributed by atoms with Crippen LogP contribution in [0.1, 0.15) is 33.8 Å². The molecule has 1 aromatic heterocycles. The van der Waals surface area contributed by atoms with Gasteiger partial charge < -0.3 is 5.32 Å². The van der Waals surface area contributed by atoms with Gasteiger partial charge in [0.15, 0.2) is 0 Å². The van der Waals surface area contributed by atoms with E-state index in [4.69, 9.17) is 0 Å². The van der Waals surface area contributed by atoms with Gasteiger partial charge in [0.05, 0.1) is 10.9 Å². The fourth-order valence-corrected chi connectivity index (χ4v) is 2.44. The van der Waals surface area contributed by atoms with E-state index in [0.717, 1.165) is 16.0 Å². The van der Waals surface area contributed by atoms with Crippen LogP contribution < -0.4 is 5.32 Å². The summed E-state index contributed by atoms with van der Waals surface area (Å²) < 4.78 is 0. The maximum atomic E-state index is 11.9. The van der Waals surface area contributed by atoms with Crippen LogP contribution in [0.2, 0.25) is 0 Å². The van der Waals surface area contributed by atoms with Crippen LogP contribution in [0.3, 0.4) is 0 Å². The maximum Gasteiger partial charge on any atom is 0.261 e. The molecule has 1 unspecified atom stereocenters. The molecule has 1 amide bonds. The van der Waals surface area contributed by atoms with E-state index in [1.54, 1.807) is 0 Å². The molecule has 17 heavy (non-hydrogen) atoms. The summed E-state index contributed by atoms with van der Waals surface area (Å²) >= 11 is 1.48. The van der Waals surface area contributed by atoms with E-state index < -0.39 is 0 Å². The van der Waals surface area contributed by atoms with Gasteiger partial charge in [-0.2, -0.15) is 0 Å². The number of hydrogen-bond acceptors (Lipinski definition) is 2. The lowest BCUT2D eigenvalue weighted by Crippen LogP contribution is -2.25. The van der Waals surface area contributed by atoms with Gasteiger partial charge in [0.25, 0.3) is 5.91 Å². The number of carbonyl (C=O) groups is 1. The number of amides is 1. The zero-order valence-electron chi connectivity index (χ0n) is 9.94. The number of carbonyl (C=O) groups excluding carboxylic acids is 1. The third-order valence-electron chi connectivity index (χ3n) is 2.60. The molecule has 0 saturated heterocycles. The van der Waals surface area contributed by atoms with Gasteiger partial charge in [-0.25, -0.2) is 0 Å². The van der Waals surface area contributed by atoms with Gasteiger partial charge in [-0.3, -0.25) is 4.79 Å². The summed E-state index contributed by atoms with van der Waals surface area (Å²) in [4.78, 5) is 12.7. The first-order valence-corrected chi connectivity index (χ1v) is 6.46. The van der Waals surface area contributed by atoms with Gasteiger partial charge >= 0.3 is 0 Å². The third-order valence-corrected chi connectivity index (χ3v) is 3.65. The Morgan fingerprint density at radius 1 is 1.29 bits per heavy atom. The second-order valence-electron chi connectivity index (χ2n) is 4.09. The van der Waals surface area contributed by atoms with Crippen molar-refractivity contribution in [2.75, 3.05) is 0 Å². The van der Waals surface area contributed by atoms with Crippen molar-refractivity contribution in [2.24, 2.45) is 0 Å². The molecule has 0 aliphatic rings. The van der Waals surface area contributed by atoms with E-state index in [9.17, 15) is 4.79 Å². The van der Waals surface area contributed by atoms with E-state index >= 15 is 0 Å². The summed E-state index contributed by atoms with van der Waals surface area (Å²) in [6.45, 7) is 3.99. The zero-order chi connectivity index (χ0) is 12.3. The Bertz CT molecular complexity index is 504. The molecule has 1 N–H and O–H groups in total. The minimum atomic E-state index is -0.000506. The van der Waals surface area contributed by atoms with Crippen molar-refractivity contribution in [1.29, 1.82) is 0 Å². The molecule has 0 spiro atoms. The van der Waals surface area contributed by atoms with E-state index in [1.165, 1.54) is 11.3 Å². The van der Waals surface area contributed by atoms with Crippen molar-refractivity contribution in [3.63, 3.8) is 0 Å². The highest BCUT2D eigenvalue weighted by atomic mass is 32.1. The summed E-state index contributed by atoms with van der Waals surface area (Å²) in [6.07, 6.45) is 0. The highest BCUT2D eigenvalue weighted by molar-refractivity contribution is 7.12. The second kappa shape index (κ2) is 5.15. The smallest absolute Gasteiger partial charge is 0.261 e. The molecule has 2 rings (SSSR count). The average molecular weight is 245 g/mol. The van der Waals surface area contributed by atoms with Crippen LogP contribution in [0.25, 0.3) is 0 Å². The first-order valence-electron chi connectivity index (χ1n) is 5.58. The summed E-state index contributed by atoms with van der Waals surface area (Å²) in [5, 5.41) is 4.99. The molecule has 1 atom stereocenters. The van der Waals surface area contributed by atoms with Crippen molar-refractivity contribution < 1.29 is 4.79 Å². The molecular weight excluding hydrogens is 230 g/mol. The largest absolute Gasteiger partial charge is 0.345 e. The van der Waals surface area contributed by atoms with E-state index in [1.807, 2.05) is 55.6 Å². The molecule has 1 aromatic carbocycles. The number of hydrogen-bond donors (Lipinski definition) is 1. The summed E-state index contributed by atoms with van der Waals surface area (Å²) in [7, 11) is 0. The van der Waals surface area contributed by atoms with Crippen molar-refractivity contribution in [3.8, 4) is 0 Å². The molecule has 2 aromatic rings. The van der Waals surface area contributed by atoms with Crippen LogP contribution >= 0.6 is 11.3 Å². The fraction of sp³-hybridized carbons (Fsp3) is 0.214. The van der Waals surface area contributed by atoms with E-state index in [2.05, 4.69) is 5.32 Å². The van der Waals surface area contributed by atoms with E-state index in [0.29, 0.717) is 0 Å². The SMILES string of the molecule is Cc1csc(C(=O)NC(C)c2ccccc2)c1. The number of nitrogens with one attached hydrogen (secondary N) is 1. The fourth-order valence-electron chi connectivity index (χ4n) is 1.64. The number of aryl methyl sites for hydroxylation is 1. The molecule has 0 bridgehead atoms. The lowest BCUT2D eigenvalue weighted by molar-refractivity contribution is 0.0944. The van der Waals surface area contributed by atoms with Gasteiger partial charge in [-0.05, 0) is 36.4 Å². The number of rotatable bonds is 3. The summed E-state index contributed by atoms with van der Waals surface area (Å²) in [5.41, 5.74) is 2.25. The molecule has 0 aliphatic carbocycles. The summed E-state index contributed by atoms with van der Waals surface area (Å²) in [6, 6.07) is 11.9. The van der Waals surface area contributed by atoms with Gasteiger partial charge in [0.2, 0.25) is 0 Å². The van der Waals surface area contributed by atoms with Crippen LogP contribution in [-0.4, -0.2) is 5.91 Å². The average Bonchev–Trinajstić information content (AvgIpc) is 2.77. The lowest BCUT2D eigenvalue weighted by atomic mass is 10.1. The van der Waals surface area contributed by atoms with Crippen molar-refractivity contribution in [2.45, 2.75) is 19.9 Å². The van der Waals surface area contributed by atoms with Gasteiger partial charge in [0.1, 0.15) is 0 Å². The minimum Gasteiger partial charge on any atom is -0.345 e. The molecule has 0 fully saturated rings. The molecule has 3 heteroatoms. The van der Waals surface area contributed by atoms with Crippen molar-refractivity contribution >= 4 is 17.2 Å². The molecule has 0 radical (unpaired) electrons. The number of benzene rings is 1. The first-order chi connectivity index (χ1) is 8.16. The second-order valence-corrected chi connectivity index (χ2v) is 5.01. The minimum absolute atomic E-state index is 0.000506. The van der Waals surface area contributed by atoms with Crippen LogP contribution in [0.4, 0.5) is 0 Å². The molecule has 88 valence electrons. The molecule has 1 heterocycles. The predicted molar refractivity (Wildman–Crippen MR) is 71.4 cm³/mol. The summed E-state index contributed by atoms with van der Waals surface area (Å²) in [5.74, 6) is -0.000506. The third kappa shape index (κ3) is 2.94. The van der Waals surface area contributed by atoms with Crippen LogP contribution in [-0.2, 0) is 0 Å². The lowest BCUT2D eigenvalue weighted by Gasteiger charge is -2.13. The van der Waals surface area contributed by atoms with Gasteiger partial charge in [0, 0.05) is 0 Å². The molecular formula is C14H15NOS. The Hall–Kier alpha value is -1.61. The zero-order valence-corrected chi connectivity index (χ0v) is 10.8.